The number of hydrogen-bond donors (Lipinski definition) is 1. The molecule has 2 N–H and O–H groups in total. The summed E-state index contributed by atoms with van der Waals surface area (Å²) < 4.78 is 7.62. The van der Waals surface area contributed by atoms with E-state index < -0.39 is 0 Å². The first-order valence-electron chi connectivity index (χ1n) is 6.05. The van der Waals surface area contributed by atoms with Crippen LogP contribution < -0.4 is 5.73 Å². The fourth-order valence-electron chi connectivity index (χ4n) is 2.33. The van der Waals surface area contributed by atoms with E-state index >= 15 is 0 Å². The lowest BCUT2D eigenvalue weighted by atomic mass is 10.1. The number of pyridine rings is 1. The first-order valence-corrected chi connectivity index (χ1v) is 6.05. The van der Waals surface area contributed by atoms with Crippen molar-refractivity contribution in [3.63, 3.8) is 0 Å². The molecule has 0 saturated carbocycles. The van der Waals surface area contributed by atoms with E-state index in [1.807, 2.05) is 22.6 Å². The zero-order valence-electron chi connectivity index (χ0n) is 9.67. The predicted octanol–water partition coefficient (Wildman–Crippen LogP) is 1.42. The van der Waals surface area contributed by atoms with Crippen LogP contribution in [0.2, 0.25) is 0 Å². The normalized spacial score (nSPS) is 20.8. The number of nitrogen functional groups attached to an aromatic ring is 1. The molecule has 0 aromatic carbocycles. The summed E-state index contributed by atoms with van der Waals surface area (Å²) in [6, 6.07) is 5.66. The van der Waals surface area contributed by atoms with E-state index in [2.05, 4.69) is 10.2 Å². The summed E-state index contributed by atoms with van der Waals surface area (Å²) in [5, 5.41) is 8.33. The minimum Gasteiger partial charge on any atom is -0.385 e. The van der Waals surface area contributed by atoms with Crippen LogP contribution in [-0.4, -0.2) is 27.3 Å². The van der Waals surface area contributed by atoms with Crippen LogP contribution in [0.25, 0.3) is 5.65 Å². The Hall–Kier alpha value is -1.62. The first-order chi connectivity index (χ1) is 8.34. The molecular weight excluding hydrogens is 216 g/mol. The molecule has 1 unspecified atom stereocenters. The number of ether oxygens (including phenoxy) is 1. The molecule has 2 aromatic heterocycles. The van der Waals surface area contributed by atoms with Crippen molar-refractivity contribution in [2.24, 2.45) is 0 Å². The highest BCUT2D eigenvalue weighted by atomic mass is 16.5. The fourth-order valence-corrected chi connectivity index (χ4v) is 2.33. The SMILES string of the molecule is Nc1cccc2nnc(CC3CCCCO3)n12. The van der Waals surface area contributed by atoms with E-state index in [4.69, 9.17) is 10.5 Å². The molecule has 1 aliphatic heterocycles. The Kier molecular flexibility index (Phi) is 2.68. The topological polar surface area (TPSA) is 65.4 Å². The molecule has 0 bridgehead atoms. The lowest BCUT2D eigenvalue weighted by Crippen LogP contribution is -2.22. The van der Waals surface area contributed by atoms with E-state index in [-0.39, 0.29) is 6.10 Å². The largest absolute Gasteiger partial charge is 0.385 e. The monoisotopic (exact) mass is 232 g/mol. The van der Waals surface area contributed by atoms with Crippen molar-refractivity contribution in [3.8, 4) is 0 Å². The molecule has 2 aromatic rings. The number of anilines is 1. The van der Waals surface area contributed by atoms with Crippen LogP contribution in [0.3, 0.4) is 0 Å². The molecular formula is C12H16N4O. The van der Waals surface area contributed by atoms with Crippen LogP contribution in [0, 0.1) is 0 Å². The Labute approximate surface area is 99.6 Å². The van der Waals surface area contributed by atoms with Gasteiger partial charge >= 0.3 is 0 Å². The quantitative estimate of drug-likeness (QED) is 0.850. The molecule has 5 nitrogen and oxygen atoms in total. The van der Waals surface area contributed by atoms with Gasteiger partial charge in [-0.15, -0.1) is 10.2 Å². The van der Waals surface area contributed by atoms with Crippen molar-refractivity contribution in [2.75, 3.05) is 12.3 Å². The van der Waals surface area contributed by atoms with Gasteiger partial charge in [0, 0.05) is 13.0 Å². The Morgan fingerprint density at radius 3 is 3.12 bits per heavy atom. The highest BCUT2D eigenvalue weighted by molar-refractivity contribution is 5.47. The van der Waals surface area contributed by atoms with E-state index in [0.29, 0.717) is 5.82 Å². The second kappa shape index (κ2) is 4.33. The highest BCUT2D eigenvalue weighted by Crippen LogP contribution is 2.18. The lowest BCUT2D eigenvalue weighted by molar-refractivity contribution is 0.0155. The zero-order valence-corrected chi connectivity index (χ0v) is 9.67. The molecule has 1 atom stereocenters. The Morgan fingerprint density at radius 1 is 1.35 bits per heavy atom. The van der Waals surface area contributed by atoms with Gasteiger partial charge in [-0.2, -0.15) is 0 Å². The number of nitrogens with two attached hydrogens (primary N) is 1. The second-order valence-electron chi connectivity index (χ2n) is 4.45. The summed E-state index contributed by atoms with van der Waals surface area (Å²) in [4.78, 5) is 0. The number of rotatable bonds is 2. The van der Waals surface area contributed by atoms with Gasteiger partial charge in [0.15, 0.2) is 5.65 Å². The van der Waals surface area contributed by atoms with Gasteiger partial charge < -0.3 is 10.5 Å². The minimum absolute atomic E-state index is 0.260. The van der Waals surface area contributed by atoms with E-state index in [1.165, 1.54) is 12.8 Å². The summed E-state index contributed by atoms with van der Waals surface area (Å²) in [6.45, 7) is 0.858. The Balaban J connectivity index is 1.89. The van der Waals surface area contributed by atoms with Crippen LogP contribution in [0.15, 0.2) is 18.2 Å². The highest BCUT2D eigenvalue weighted by Gasteiger charge is 2.18. The van der Waals surface area contributed by atoms with Crippen LogP contribution in [0.1, 0.15) is 25.1 Å². The zero-order chi connectivity index (χ0) is 11.7. The second-order valence-corrected chi connectivity index (χ2v) is 4.45. The maximum absolute atomic E-state index is 5.95. The molecule has 1 saturated heterocycles. The van der Waals surface area contributed by atoms with Gasteiger partial charge in [-0.1, -0.05) is 6.07 Å². The summed E-state index contributed by atoms with van der Waals surface area (Å²) in [7, 11) is 0. The number of hydrogen-bond acceptors (Lipinski definition) is 4. The minimum atomic E-state index is 0.260. The van der Waals surface area contributed by atoms with E-state index in [1.54, 1.807) is 0 Å². The van der Waals surface area contributed by atoms with Crippen molar-refractivity contribution in [1.82, 2.24) is 14.6 Å². The molecule has 0 radical (unpaired) electrons. The van der Waals surface area contributed by atoms with Gasteiger partial charge in [0.05, 0.1) is 6.10 Å². The van der Waals surface area contributed by atoms with Crippen LogP contribution >= 0.6 is 0 Å². The Morgan fingerprint density at radius 2 is 2.29 bits per heavy atom. The number of aromatic nitrogens is 3. The third-order valence-corrected chi connectivity index (χ3v) is 3.21. The molecule has 5 heteroatoms. The summed E-state index contributed by atoms with van der Waals surface area (Å²) in [5.74, 6) is 1.57. The fraction of sp³-hybridized carbons (Fsp3) is 0.500. The molecule has 3 rings (SSSR count). The van der Waals surface area contributed by atoms with Gasteiger partial charge in [-0.05, 0) is 31.4 Å². The van der Waals surface area contributed by atoms with Crippen molar-refractivity contribution in [1.29, 1.82) is 0 Å². The summed E-state index contributed by atoms with van der Waals surface area (Å²) in [5.41, 5.74) is 6.75. The maximum Gasteiger partial charge on any atom is 0.162 e. The average Bonchev–Trinajstić information content (AvgIpc) is 2.75. The van der Waals surface area contributed by atoms with Gasteiger partial charge in [0.2, 0.25) is 0 Å². The van der Waals surface area contributed by atoms with Gasteiger partial charge in [-0.3, -0.25) is 4.40 Å². The van der Waals surface area contributed by atoms with Crippen LogP contribution in [-0.2, 0) is 11.2 Å². The lowest BCUT2D eigenvalue weighted by Gasteiger charge is -2.21. The summed E-state index contributed by atoms with van der Waals surface area (Å²) in [6.07, 6.45) is 4.54. The van der Waals surface area contributed by atoms with Crippen LogP contribution in [0.4, 0.5) is 5.82 Å². The van der Waals surface area contributed by atoms with Crippen LogP contribution in [0.5, 0.6) is 0 Å². The molecule has 0 aliphatic carbocycles. The standard InChI is InChI=1S/C12H16N4O/c13-10-5-3-6-11-14-15-12(16(10)11)8-9-4-1-2-7-17-9/h3,5-6,9H,1-2,4,7-8,13H2. The molecule has 3 heterocycles. The molecule has 17 heavy (non-hydrogen) atoms. The molecule has 0 amide bonds. The van der Waals surface area contributed by atoms with E-state index in [9.17, 15) is 0 Å². The first kappa shape index (κ1) is 10.5. The third kappa shape index (κ3) is 1.98. The van der Waals surface area contributed by atoms with Gasteiger partial charge in [0.1, 0.15) is 11.6 Å². The van der Waals surface area contributed by atoms with Gasteiger partial charge in [-0.25, -0.2) is 0 Å². The van der Waals surface area contributed by atoms with Crippen molar-refractivity contribution in [3.05, 3.63) is 24.0 Å². The number of nitrogens with zero attached hydrogens (tertiary/aromatic N) is 3. The number of fused-ring (bicyclic) bond motifs is 1. The van der Waals surface area contributed by atoms with E-state index in [0.717, 1.165) is 30.9 Å². The van der Waals surface area contributed by atoms with Gasteiger partial charge in [0.25, 0.3) is 0 Å². The molecule has 0 spiro atoms. The molecule has 1 aliphatic rings. The van der Waals surface area contributed by atoms with Crippen molar-refractivity contribution >= 4 is 11.5 Å². The third-order valence-electron chi connectivity index (χ3n) is 3.21. The smallest absolute Gasteiger partial charge is 0.162 e. The van der Waals surface area contributed by atoms with Crippen molar-refractivity contribution < 1.29 is 4.74 Å². The predicted molar refractivity (Wildman–Crippen MR) is 64.7 cm³/mol. The Bertz CT molecular complexity index is 516. The maximum atomic E-state index is 5.95. The molecule has 90 valence electrons. The average molecular weight is 232 g/mol. The van der Waals surface area contributed by atoms with Crippen molar-refractivity contribution in [2.45, 2.75) is 31.8 Å². The molecule has 1 fully saturated rings. The summed E-state index contributed by atoms with van der Waals surface area (Å²) >= 11 is 0.